The van der Waals surface area contributed by atoms with Gasteiger partial charge in [-0.2, -0.15) is 0 Å². The van der Waals surface area contributed by atoms with Gasteiger partial charge in [-0.1, -0.05) is 17.7 Å². The molecule has 0 aliphatic rings. The summed E-state index contributed by atoms with van der Waals surface area (Å²) < 4.78 is 32.5. The van der Waals surface area contributed by atoms with E-state index in [2.05, 4.69) is 15.6 Å². The van der Waals surface area contributed by atoms with E-state index in [0.29, 0.717) is 22.2 Å². The maximum Gasteiger partial charge on any atom is 0.323 e. The molecule has 2 aromatic carbocycles. The van der Waals surface area contributed by atoms with E-state index < -0.39 is 18.3 Å². The highest BCUT2D eigenvalue weighted by Crippen LogP contribution is 2.26. The molecule has 0 aliphatic heterocycles. The molecule has 2 heterocycles. The van der Waals surface area contributed by atoms with Crippen molar-refractivity contribution in [3.8, 4) is 0 Å². The van der Waals surface area contributed by atoms with Crippen molar-refractivity contribution < 1.29 is 11.9 Å². The van der Waals surface area contributed by atoms with Crippen LogP contribution in [0.4, 0.5) is 26.4 Å². The molecule has 0 aliphatic carbocycles. The van der Waals surface area contributed by atoms with Crippen LogP contribution in [0.3, 0.4) is 0 Å². The molecule has 0 saturated carbocycles. The number of pyridine rings is 1. The molecule has 2 aromatic heterocycles. The number of urea groups is 1. The van der Waals surface area contributed by atoms with E-state index >= 15 is 0 Å². The highest BCUT2D eigenvalue weighted by Gasteiger charge is 2.11. The summed E-state index contributed by atoms with van der Waals surface area (Å²) in [4.78, 5) is 16.3. The van der Waals surface area contributed by atoms with Gasteiger partial charge in [0, 0.05) is 29.3 Å². The fraction of sp³-hybridized carbons (Fsp3) is 0.0476. The summed E-state index contributed by atoms with van der Waals surface area (Å²) in [5, 5.41) is 5.98. The second-order valence-corrected chi connectivity index (χ2v) is 6.65. The lowest BCUT2D eigenvalue weighted by molar-refractivity contribution is 0.262. The van der Waals surface area contributed by atoms with Crippen LogP contribution in [0.15, 0.2) is 67.0 Å². The van der Waals surface area contributed by atoms with Gasteiger partial charge < -0.3 is 20.9 Å². The van der Waals surface area contributed by atoms with Crippen molar-refractivity contribution in [2.24, 2.45) is 0 Å². The predicted octanol–water partition coefficient (Wildman–Crippen LogP) is 5.10. The maximum absolute atomic E-state index is 13.9. The quantitative estimate of drug-likeness (QED) is 0.436. The van der Waals surface area contributed by atoms with Crippen molar-refractivity contribution in [2.45, 2.75) is 6.50 Å². The molecule has 0 fully saturated rings. The number of rotatable bonds is 4. The number of nitrogens with zero attached hydrogens (tertiary/aromatic N) is 2. The standard InChI is InChI=1S/C21H17ClFN5O/c22-14-4-5-16(23)18(11-14)27-21(29)26-17-2-1-3-19-15(17)7-9-28(19)12-13-6-8-25-20(24)10-13/h1-11H,12H2,(H2,24,25)(H2,26,27,29)/i12D2. The Balaban J connectivity index is 1.65. The molecule has 0 radical (unpaired) electrons. The Kier molecular flexibility index (Phi) is 4.41. The minimum atomic E-state index is -1.91. The van der Waals surface area contributed by atoms with Gasteiger partial charge in [0.05, 0.1) is 19.6 Å². The Hall–Kier alpha value is -3.58. The molecule has 0 atom stereocenters. The van der Waals surface area contributed by atoms with Gasteiger partial charge in [0.2, 0.25) is 0 Å². The van der Waals surface area contributed by atoms with Gasteiger partial charge in [-0.25, -0.2) is 14.2 Å². The molecule has 4 N–H and O–H groups in total. The van der Waals surface area contributed by atoms with Crippen molar-refractivity contribution in [3.63, 3.8) is 0 Å². The minimum Gasteiger partial charge on any atom is -0.384 e. The summed E-state index contributed by atoms with van der Waals surface area (Å²) in [6.45, 7) is -1.91. The molecular formula is C21H17ClFN5O. The molecule has 6 nitrogen and oxygen atoms in total. The molecule has 2 amide bonds. The van der Waals surface area contributed by atoms with Crippen LogP contribution in [-0.2, 0) is 6.50 Å². The van der Waals surface area contributed by atoms with Crippen molar-refractivity contribution in [1.29, 1.82) is 0 Å². The number of carbonyl (C=O) groups excluding carboxylic acids is 1. The van der Waals surface area contributed by atoms with Gasteiger partial charge >= 0.3 is 6.03 Å². The Morgan fingerprint density at radius 1 is 1.17 bits per heavy atom. The zero-order chi connectivity index (χ0) is 22.2. The van der Waals surface area contributed by atoms with Crippen molar-refractivity contribution in [2.75, 3.05) is 16.4 Å². The number of aromatic nitrogens is 2. The van der Waals surface area contributed by atoms with E-state index in [1.165, 1.54) is 29.0 Å². The van der Waals surface area contributed by atoms with Gasteiger partial charge in [0.15, 0.2) is 0 Å². The number of benzene rings is 2. The smallest absolute Gasteiger partial charge is 0.323 e. The zero-order valence-electron chi connectivity index (χ0n) is 17.0. The number of nitrogen functional groups attached to an aromatic ring is 1. The number of anilines is 3. The summed E-state index contributed by atoms with van der Waals surface area (Å²) >= 11 is 5.86. The first-order valence-corrected chi connectivity index (χ1v) is 8.99. The second kappa shape index (κ2) is 7.81. The first-order valence-electron chi connectivity index (χ1n) is 9.61. The van der Waals surface area contributed by atoms with E-state index in [1.807, 2.05) is 0 Å². The fourth-order valence-electron chi connectivity index (χ4n) is 2.90. The molecule has 29 heavy (non-hydrogen) atoms. The first kappa shape index (κ1) is 16.4. The third kappa shape index (κ3) is 4.14. The van der Waals surface area contributed by atoms with Crippen LogP contribution in [0.25, 0.3) is 10.9 Å². The molecule has 0 spiro atoms. The molecule has 0 unspecified atom stereocenters. The van der Waals surface area contributed by atoms with Crippen molar-refractivity contribution in [3.05, 3.63) is 83.4 Å². The van der Waals surface area contributed by atoms with Gasteiger partial charge in [-0.3, -0.25) is 0 Å². The van der Waals surface area contributed by atoms with E-state index in [1.54, 1.807) is 36.5 Å². The van der Waals surface area contributed by atoms with E-state index in [0.717, 1.165) is 6.07 Å². The van der Waals surface area contributed by atoms with Crippen LogP contribution in [0.1, 0.15) is 8.30 Å². The average Bonchev–Trinajstić information content (AvgIpc) is 3.17. The Labute approximate surface area is 173 Å². The summed E-state index contributed by atoms with van der Waals surface area (Å²) in [6, 6.07) is 13.0. The molecule has 146 valence electrons. The summed E-state index contributed by atoms with van der Waals surface area (Å²) in [7, 11) is 0. The highest BCUT2D eigenvalue weighted by molar-refractivity contribution is 6.31. The first-order chi connectivity index (χ1) is 14.8. The number of nitrogens with one attached hydrogen (secondary N) is 2. The van der Waals surface area contributed by atoms with Gasteiger partial charge in [-0.05, 0) is 54.1 Å². The number of carbonyl (C=O) groups is 1. The van der Waals surface area contributed by atoms with Gasteiger partial charge in [0.25, 0.3) is 0 Å². The summed E-state index contributed by atoms with van der Waals surface area (Å²) in [6.07, 6.45) is 3.03. The fourth-order valence-corrected chi connectivity index (χ4v) is 3.07. The van der Waals surface area contributed by atoms with Crippen LogP contribution in [-0.4, -0.2) is 15.6 Å². The third-order valence-corrected chi connectivity index (χ3v) is 4.42. The zero-order valence-corrected chi connectivity index (χ0v) is 15.7. The minimum absolute atomic E-state index is 0.0543. The lowest BCUT2D eigenvalue weighted by atomic mass is 10.2. The van der Waals surface area contributed by atoms with E-state index in [9.17, 15) is 9.18 Å². The lowest BCUT2D eigenvalue weighted by Gasteiger charge is -2.11. The Morgan fingerprint density at radius 2 is 2.00 bits per heavy atom. The van der Waals surface area contributed by atoms with Crippen molar-refractivity contribution >= 4 is 45.7 Å². The van der Waals surface area contributed by atoms with Crippen molar-refractivity contribution in [1.82, 2.24) is 9.55 Å². The van der Waals surface area contributed by atoms with Crippen LogP contribution in [0.2, 0.25) is 5.02 Å². The molecule has 4 rings (SSSR count). The average molecular weight is 412 g/mol. The van der Waals surface area contributed by atoms with Crippen LogP contribution in [0, 0.1) is 5.82 Å². The van der Waals surface area contributed by atoms with Crippen LogP contribution >= 0.6 is 11.6 Å². The second-order valence-electron chi connectivity index (χ2n) is 6.21. The molecule has 4 aromatic rings. The van der Waals surface area contributed by atoms with Crippen LogP contribution in [0.5, 0.6) is 0 Å². The number of amides is 2. The topological polar surface area (TPSA) is 85.0 Å². The summed E-state index contributed by atoms with van der Waals surface area (Å²) in [5.74, 6) is -0.404. The molecule has 8 heteroatoms. The lowest BCUT2D eigenvalue weighted by Crippen LogP contribution is -2.20. The third-order valence-electron chi connectivity index (χ3n) is 4.19. The molecular weight excluding hydrogens is 393 g/mol. The number of halogens is 2. The monoisotopic (exact) mass is 411 g/mol. The highest BCUT2D eigenvalue weighted by atomic mass is 35.5. The molecule has 0 saturated heterocycles. The predicted molar refractivity (Wildman–Crippen MR) is 114 cm³/mol. The largest absolute Gasteiger partial charge is 0.384 e. The normalized spacial score (nSPS) is 12.3. The Morgan fingerprint density at radius 3 is 2.83 bits per heavy atom. The van der Waals surface area contributed by atoms with E-state index in [4.69, 9.17) is 20.1 Å². The number of hydrogen-bond acceptors (Lipinski definition) is 3. The molecule has 0 bridgehead atoms. The Bertz CT molecular complexity index is 1290. The maximum atomic E-state index is 13.9. The van der Waals surface area contributed by atoms with Gasteiger partial charge in [-0.15, -0.1) is 0 Å². The number of nitrogens with two attached hydrogens (primary N) is 1. The number of fused-ring (bicyclic) bond motifs is 1. The number of hydrogen-bond donors (Lipinski definition) is 3. The summed E-state index contributed by atoms with van der Waals surface area (Å²) in [5.41, 5.74) is 6.97. The SMILES string of the molecule is [2H]C([2H])(c1ccnc(N)c1)n1ccc2c(NC(=O)Nc3cc(Cl)ccc3F)cccc21. The van der Waals surface area contributed by atoms with E-state index in [-0.39, 0.29) is 16.5 Å². The van der Waals surface area contributed by atoms with Crippen LogP contribution < -0.4 is 16.4 Å². The van der Waals surface area contributed by atoms with Gasteiger partial charge in [0.1, 0.15) is 11.6 Å².